The van der Waals surface area contributed by atoms with Crippen LogP contribution in [0.15, 0.2) is 58.3 Å². The highest BCUT2D eigenvalue weighted by Gasteiger charge is 2.62. The van der Waals surface area contributed by atoms with Crippen LogP contribution in [0.2, 0.25) is 0 Å². The monoisotopic (exact) mass is 2180 g/mol. The van der Waals surface area contributed by atoms with E-state index in [1.807, 2.05) is 0 Å². The molecule has 0 saturated carbocycles. The molecule has 2 aromatic rings. The summed E-state index contributed by atoms with van der Waals surface area (Å²) >= 11 is 0.369. The Labute approximate surface area is 733 Å². The van der Waals surface area contributed by atoms with Gasteiger partial charge in [-0.15, -0.1) is 0 Å². The lowest BCUT2D eigenvalue weighted by atomic mass is 9.97. The molecule has 4 aliphatic rings. The molecule has 0 unspecified atom stereocenters. The van der Waals surface area contributed by atoms with Crippen LogP contribution < -0.4 is 10.6 Å². The van der Waals surface area contributed by atoms with E-state index in [0.29, 0.717) is 25.7 Å². The first-order chi connectivity index (χ1) is 57.9. The summed E-state index contributed by atoms with van der Waals surface area (Å²) in [7, 11) is -84.8. The fraction of sp³-hybridized carbons (Fsp3) is 0.696. The molecule has 128 heavy (non-hydrogen) atoms. The van der Waals surface area contributed by atoms with E-state index in [9.17, 15) is 191 Å². The van der Waals surface area contributed by atoms with E-state index < -0.39 is 305 Å². The highest BCUT2D eigenvalue weighted by Crippen LogP contribution is 2.44. The lowest BCUT2D eigenvalue weighted by Gasteiger charge is -2.48. The molecule has 2 aromatic carbocycles. The number of hydrogen-bond donors (Lipinski definition) is 16. The van der Waals surface area contributed by atoms with Crippen LogP contribution in [-0.4, -0.2) is 341 Å². The number of rotatable bonds is 51. The second-order valence-electron chi connectivity index (χ2n) is 25.1. The Hall–Kier alpha value is -3.98. The highest BCUT2D eigenvalue weighted by molar-refractivity contribution is 8.00. The van der Waals surface area contributed by atoms with Crippen LogP contribution in [0.4, 0.5) is 11.4 Å². The highest BCUT2D eigenvalue weighted by atomic mass is 32.3. The molecule has 742 valence electrons. The van der Waals surface area contributed by atoms with Gasteiger partial charge in [0.15, 0.2) is 24.8 Å². The Balaban J connectivity index is 1.12. The summed E-state index contributed by atoms with van der Waals surface area (Å²) in [6.07, 6.45) is -53.9. The van der Waals surface area contributed by atoms with Gasteiger partial charge in [-0.05, 0) is 61.4 Å². The van der Waals surface area contributed by atoms with Gasteiger partial charge in [0.05, 0.1) is 26.4 Å². The van der Waals surface area contributed by atoms with Crippen LogP contribution in [0.5, 0.6) is 0 Å². The molecule has 4 aliphatic heterocycles. The van der Waals surface area contributed by atoms with Gasteiger partial charge in [-0.25, -0.2) is 58.6 Å². The molecule has 4 heterocycles. The lowest BCUT2D eigenvalue weighted by molar-refractivity contribution is -0.325. The van der Waals surface area contributed by atoms with E-state index in [1.165, 1.54) is 0 Å². The van der Waals surface area contributed by atoms with Crippen molar-refractivity contribution < 1.29 is 278 Å². The predicted molar refractivity (Wildman–Crippen MR) is 397 cm³/mol. The third-order valence-corrected chi connectivity index (χ3v) is 24.3. The minimum Gasteiger partial charge on any atom is -0.356 e. The van der Waals surface area contributed by atoms with E-state index in [4.69, 9.17) is 28.4 Å². The van der Waals surface area contributed by atoms with Crippen molar-refractivity contribution in [3.05, 3.63) is 48.5 Å². The van der Waals surface area contributed by atoms with Gasteiger partial charge in [0.2, 0.25) is 11.8 Å². The number of amides is 2. The topological polar surface area (TPSA) is 1000 Å². The molecular formula is C46H68N2O64S16. The third kappa shape index (κ3) is 42.5. The Morgan fingerprint density at radius 1 is 0.258 bits per heavy atom. The van der Waals surface area contributed by atoms with Crippen molar-refractivity contribution >= 4 is 192 Å². The largest absolute Gasteiger partial charge is 0.397 e. The van der Waals surface area contributed by atoms with Gasteiger partial charge >= 0.3 is 146 Å². The van der Waals surface area contributed by atoms with Gasteiger partial charge in [0.25, 0.3) is 0 Å². The van der Waals surface area contributed by atoms with Crippen LogP contribution >= 0.6 is 23.5 Å². The van der Waals surface area contributed by atoms with E-state index >= 15 is 0 Å². The molecule has 66 nitrogen and oxygen atoms in total. The fourth-order valence-electron chi connectivity index (χ4n) is 11.4. The number of thioether (sulfide) groups is 2. The van der Waals surface area contributed by atoms with Gasteiger partial charge in [-0.3, -0.25) is 73.3 Å². The van der Waals surface area contributed by atoms with Crippen LogP contribution in [0, 0.1) is 0 Å². The number of ether oxygens (including phenoxy) is 6. The summed E-state index contributed by atoms with van der Waals surface area (Å²) in [5.74, 6) is -1.25. The number of nitrogens with one attached hydrogen (secondary N) is 2. The summed E-state index contributed by atoms with van der Waals surface area (Å²) in [6, 6.07) is 8.95. The summed E-state index contributed by atoms with van der Waals surface area (Å²) < 4.78 is 568. The van der Waals surface area contributed by atoms with Crippen molar-refractivity contribution in [2.24, 2.45) is 0 Å². The van der Waals surface area contributed by atoms with Crippen LogP contribution in [-0.2, 0) is 242 Å². The SMILES string of the molecule is O=C(CCCCCCCCC(=O)Nc1ccc(S[C@@H]2O[C@H](COS(=O)(=O)O)[C@@H](O[C@H]3O[C@H](COS(=O)(=O)O)[C@@H](OS(=O)(=O)O)[C@H](OS(=O)(=O)O)[C@H]3OS(=O)(=O)O)[C@H](OS(=O)(=O)O)[C@H]2OS(=O)(=O)O)cc1)Nc1ccc(S[C@@H]2O[C@H](COS(=O)(=O)O)[C@@H](O[C@H]3O[C@H](COS(=O)(=O)O)[C@@H](OS(=O)(=O)O)[C@H](OS(=O)(=O)O)[C@H]3OS(=O)(=O)O)[C@H](OS(=O)(=O)O)[C@H]2OS(=O)(=O)O)cc1. The molecule has 2 amide bonds. The average Bonchev–Trinajstić information content (AvgIpc) is 0.756. The minimum absolute atomic E-state index is 0.000373. The normalized spacial score (nSPS) is 28.0. The van der Waals surface area contributed by atoms with Gasteiger partial charge in [0, 0.05) is 34.0 Å². The number of carbonyl (C=O) groups is 2. The molecule has 0 radical (unpaired) electrons. The molecule has 20 atom stereocenters. The molecule has 4 saturated heterocycles. The van der Waals surface area contributed by atoms with Crippen molar-refractivity contribution in [1.29, 1.82) is 0 Å². The third-order valence-electron chi connectivity index (χ3n) is 15.6. The Kier molecular flexibility index (Phi) is 39.5. The van der Waals surface area contributed by atoms with Crippen molar-refractivity contribution in [2.45, 2.75) is 182 Å². The number of unbranched alkanes of at least 4 members (excludes halogenated alkanes) is 5. The average molecular weight is 2190 g/mol. The smallest absolute Gasteiger partial charge is 0.356 e. The zero-order valence-electron chi connectivity index (χ0n) is 61.9. The van der Waals surface area contributed by atoms with Crippen LogP contribution in [0.1, 0.15) is 51.4 Å². The summed E-state index contributed by atoms with van der Waals surface area (Å²) in [4.78, 5) is 25.7. The first-order valence-corrected chi connectivity index (χ1v) is 53.9. The van der Waals surface area contributed by atoms with Gasteiger partial charge in [-0.2, -0.15) is 118 Å². The Bertz CT molecular complexity index is 5540. The lowest BCUT2D eigenvalue weighted by Crippen LogP contribution is -2.66. The number of benzene rings is 2. The summed E-state index contributed by atoms with van der Waals surface area (Å²) in [6.45, 7) is -7.46. The van der Waals surface area contributed by atoms with Gasteiger partial charge in [0.1, 0.15) is 96.3 Å². The molecule has 6 rings (SSSR count). The molecule has 0 spiro atoms. The standard InChI is InChI=1S/C46H68N2O64S16/c49-29(47-21-9-13-23(14-10-21)113-45-41(111-127(87,88)89)35(105-121(69,70)71)31(25(99-45)17-93-115(51,52)53)101-43-39(109-125(81,82)83)37(107-123(75,76)77)33(103-119(63,64)65)27(97-43)19-95-117(57,58)59)7-5-3-1-2-4-6-8-30(50)48-22-11-15-24(16-12-22)114-46-42(112-128(90,91)92)36(106-122(72,73)74)32(26(100-46)18-94-116(54,55)56)102-44-40(110-126(84,85)86)38(108-124(78,79)80)34(104-120(66,67)68)28(98-44)20-96-118(60,61)62/h9-16,25-28,31-46H,1-8,17-20H2,(H,47,49)(H,48,50)(H,51,52,53)(H,54,55,56)(H,57,58,59)(H,60,61,62)(H,63,64,65)(H,66,67,68)(H,69,70,71)(H,72,73,74)(H,75,76,77)(H,78,79,80)(H,81,82,83)(H,84,85,86)(H,87,88,89)(H,90,91,92)/t25-,26-,27-,28-,31-,32-,33-,34-,35+,36+,37+,38+,39-,40-,41-,42-,43-,44-,45+,46+/m1/s1. The maximum Gasteiger partial charge on any atom is 0.397 e. The second-order valence-corrected chi connectivity index (χ2v) is 42.3. The maximum atomic E-state index is 13.1. The van der Waals surface area contributed by atoms with Crippen molar-refractivity contribution in [1.82, 2.24) is 0 Å². The first kappa shape index (κ1) is 113. The number of hydrogen-bond acceptors (Lipinski definition) is 52. The maximum absolute atomic E-state index is 13.1. The molecule has 4 fully saturated rings. The fourth-order valence-corrected chi connectivity index (χ4v) is 20.0. The molecule has 82 heteroatoms. The second kappa shape index (κ2) is 44.9. The predicted octanol–water partition coefficient (Wildman–Crippen LogP) is -5.60. The van der Waals surface area contributed by atoms with Crippen molar-refractivity contribution in [2.75, 3.05) is 37.1 Å². The van der Waals surface area contributed by atoms with Crippen molar-refractivity contribution in [3.8, 4) is 0 Å². The van der Waals surface area contributed by atoms with Gasteiger partial charge in [-0.1, -0.05) is 49.2 Å². The van der Waals surface area contributed by atoms with E-state index in [-0.39, 0.29) is 70.4 Å². The van der Waals surface area contributed by atoms with E-state index in [0.717, 1.165) is 48.5 Å². The molecule has 0 bridgehead atoms. The van der Waals surface area contributed by atoms with Crippen LogP contribution in [0.25, 0.3) is 0 Å². The van der Waals surface area contributed by atoms with Gasteiger partial charge < -0.3 is 39.1 Å². The Morgan fingerprint density at radius 2 is 0.461 bits per heavy atom. The zero-order chi connectivity index (χ0) is 97.1. The molecule has 0 aromatic heterocycles. The molecule has 0 aliphatic carbocycles. The molecular weight excluding hydrogens is 2120 g/mol. The first-order valence-electron chi connectivity index (χ1n) is 33.0. The van der Waals surface area contributed by atoms with Crippen molar-refractivity contribution in [3.63, 3.8) is 0 Å². The summed E-state index contributed by atoms with van der Waals surface area (Å²) in [5, 5.41) is 5.03. The quantitative estimate of drug-likeness (QED) is 0.0217. The van der Waals surface area contributed by atoms with Crippen LogP contribution in [0.3, 0.4) is 0 Å². The molecule has 16 N–H and O–H groups in total. The summed E-state index contributed by atoms with van der Waals surface area (Å²) in [5.41, 5.74) is -4.71. The van der Waals surface area contributed by atoms with E-state index in [2.05, 4.69) is 69.2 Å². The number of anilines is 2. The van der Waals surface area contributed by atoms with E-state index in [1.54, 1.807) is 0 Å². The number of carbonyl (C=O) groups excluding carboxylic acids is 2. The zero-order valence-corrected chi connectivity index (χ0v) is 74.9. The minimum atomic E-state index is -6.26. The Morgan fingerprint density at radius 3 is 0.695 bits per heavy atom.